The number of rotatable bonds is 1. The highest BCUT2D eigenvalue weighted by Crippen LogP contribution is 2.28. The number of nitrogens with one attached hydrogen (secondary N) is 1. The van der Waals surface area contributed by atoms with Gasteiger partial charge in [-0.15, -0.1) is 11.3 Å². The average molecular weight is 165 g/mol. The maximum Gasteiger partial charge on any atom is 0.0999 e. The van der Waals surface area contributed by atoms with Crippen LogP contribution in [0.3, 0.4) is 0 Å². The van der Waals surface area contributed by atoms with Gasteiger partial charge in [-0.3, -0.25) is 0 Å². The number of H-pyrrole nitrogens is 1. The van der Waals surface area contributed by atoms with Crippen molar-refractivity contribution >= 4 is 21.6 Å². The van der Waals surface area contributed by atoms with E-state index < -0.39 is 0 Å². The van der Waals surface area contributed by atoms with Gasteiger partial charge in [0.1, 0.15) is 0 Å². The van der Waals surface area contributed by atoms with E-state index in [1.54, 1.807) is 11.3 Å². The predicted octanol–water partition coefficient (Wildman–Crippen LogP) is 3.35. The molecule has 58 valence electrons. The Morgan fingerprint density at radius 2 is 2.27 bits per heavy atom. The fraction of sp³-hybridized carbons (Fsp3) is 0.333. The Balaban J connectivity index is 2.68. The molecular weight excluding hydrogens is 154 g/mol. The van der Waals surface area contributed by atoms with Crippen molar-refractivity contribution < 1.29 is 0 Å². The lowest BCUT2D eigenvalue weighted by Gasteiger charge is -1.98. The van der Waals surface area contributed by atoms with Crippen molar-refractivity contribution in [3.63, 3.8) is 0 Å². The van der Waals surface area contributed by atoms with Crippen LogP contribution in [0.2, 0.25) is 0 Å². The molecule has 0 saturated carbocycles. The van der Waals surface area contributed by atoms with Crippen LogP contribution in [0.15, 0.2) is 17.6 Å². The third-order valence-electron chi connectivity index (χ3n) is 1.96. The average Bonchev–Trinajstić information content (AvgIpc) is 2.41. The Bertz CT molecular complexity index is 356. The van der Waals surface area contributed by atoms with Gasteiger partial charge in [-0.25, -0.2) is 0 Å². The van der Waals surface area contributed by atoms with Crippen LogP contribution in [0.1, 0.15) is 25.3 Å². The normalized spacial score (nSPS) is 11.5. The van der Waals surface area contributed by atoms with Crippen molar-refractivity contribution in [2.75, 3.05) is 0 Å². The van der Waals surface area contributed by atoms with E-state index in [9.17, 15) is 0 Å². The smallest absolute Gasteiger partial charge is 0.0999 e. The molecule has 2 aromatic rings. The highest BCUT2D eigenvalue weighted by Gasteiger charge is 2.06. The van der Waals surface area contributed by atoms with Crippen LogP contribution in [0.4, 0.5) is 0 Å². The zero-order valence-corrected chi connectivity index (χ0v) is 7.53. The van der Waals surface area contributed by atoms with E-state index in [0.29, 0.717) is 5.92 Å². The van der Waals surface area contributed by atoms with Gasteiger partial charge in [0, 0.05) is 11.6 Å². The second-order valence-electron chi connectivity index (χ2n) is 3.06. The van der Waals surface area contributed by atoms with Gasteiger partial charge in [0.25, 0.3) is 0 Å². The molecule has 1 N–H and O–H groups in total. The van der Waals surface area contributed by atoms with Crippen molar-refractivity contribution in [2.45, 2.75) is 19.8 Å². The topological polar surface area (TPSA) is 15.8 Å². The lowest BCUT2D eigenvalue weighted by atomic mass is 10.1. The van der Waals surface area contributed by atoms with E-state index in [4.69, 9.17) is 0 Å². The monoisotopic (exact) mass is 165 g/mol. The SMILES string of the molecule is CC(C)c1c[nH]c2sccc12. The predicted molar refractivity (Wildman–Crippen MR) is 50.3 cm³/mol. The molecule has 0 radical (unpaired) electrons. The molecule has 0 saturated heterocycles. The van der Waals surface area contributed by atoms with Gasteiger partial charge < -0.3 is 4.98 Å². The molecule has 0 unspecified atom stereocenters. The number of hydrogen-bond acceptors (Lipinski definition) is 1. The van der Waals surface area contributed by atoms with Crippen molar-refractivity contribution in [2.24, 2.45) is 0 Å². The molecular formula is C9H11NS. The first kappa shape index (κ1) is 6.92. The fourth-order valence-corrected chi connectivity index (χ4v) is 2.13. The first-order chi connectivity index (χ1) is 5.29. The highest BCUT2D eigenvalue weighted by molar-refractivity contribution is 7.16. The second-order valence-corrected chi connectivity index (χ2v) is 3.98. The van der Waals surface area contributed by atoms with Crippen molar-refractivity contribution in [1.82, 2.24) is 4.98 Å². The van der Waals surface area contributed by atoms with Gasteiger partial charge in [-0.2, -0.15) is 0 Å². The maximum absolute atomic E-state index is 3.27. The van der Waals surface area contributed by atoms with Gasteiger partial charge in [0.2, 0.25) is 0 Å². The summed E-state index contributed by atoms with van der Waals surface area (Å²) in [5.74, 6) is 0.623. The molecule has 0 fully saturated rings. The van der Waals surface area contributed by atoms with Gasteiger partial charge in [-0.05, 0) is 22.9 Å². The Hall–Kier alpha value is -0.760. The summed E-state index contributed by atoms with van der Waals surface area (Å²) in [6, 6.07) is 2.19. The highest BCUT2D eigenvalue weighted by atomic mass is 32.1. The molecule has 0 bridgehead atoms. The Labute approximate surface area is 70.1 Å². The zero-order chi connectivity index (χ0) is 7.84. The summed E-state index contributed by atoms with van der Waals surface area (Å²) in [4.78, 5) is 4.57. The summed E-state index contributed by atoms with van der Waals surface area (Å²) >= 11 is 1.77. The molecule has 2 rings (SSSR count). The molecule has 2 heterocycles. The zero-order valence-electron chi connectivity index (χ0n) is 6.72. The van der Waals surface area contributed by atoms with Crippen LogP contribution < -0.4 is 0 Å². The molecule has 0 aliphatic rings. The molecule has 0 aliphatic carbocycles. The number of thiophene rings is 1. The fourth-order valence-electron chi connectivity index (χ4n) is 1.35. The molecule has 2 heteroatoms. The minimum absolute atomic E-state index is 0.623. The van der Waals surface area contributed by atoms with E-state index in [2.05, 4.69) is 36.5 Å². The Kier molecular flexibility index (Phi) is 1.50. The van der Waals surface area contributed by atoms with Crippen LogP contribution in [0, 0.1) is 0 Å². The summed E-state index contributed by atoms with van der Waals surface area (Å²) < 4.78 is 0. The van der Waals surface area contributed by atoms with Gasteiger partial charge >= 0.3 is 0 Å². The van der Waals surface area contributed by atoms with Crippen molar-refractivity contribution in [3.8, 4) is 0 Å². The van der Waals surface area contributed by atoms with Crippen LogP contribution >= 0.6 is 11.3 Å². The van der Waals surface area contributed by atoms with E-state index in [-0.39, 0.29) is 0 Å². The lowest BCUT2D eigenvalue weighted by Crippen LogP contribution is -1.81. The number of fused-ring (bicyclic) bond motifs is 1. The third-order valence-corrected chi connectivity index (χ3v) is 2.80. The van der Waals surface area contributed by atoms with Gasteiger partial charge in [0.05, 0.1) is 4.83 Å². The van der Waals surface area contributed by atoms with Crippen LogP contribution in [0.25, 0.3) is 10.2 Å². The summed E-state index contributed by atoms with van der Waals surface area (Å²) in [6.45, 7) is 4.44. The molecule has 0 aromatic carbocycles. The van der Waals surface area contributed by atoms with Gasteiger partial charge in [-0.1, -0.05) is 13.8 Å². The Morgan fingerprint density at radius 3 is 3.00 bits per heavy atom. The molecule has 0 amide bonds. The van der Waals surface area contributed by atoms with Crippen LogP contribution in [-0.4, -0.2) is 4.98 Å². The maximum atomic E-state index is 3.27. The van der Waals surface area contributed by atoms with Crippen molar-refractivity contribution in [1.29, 1.82) is 0 Å². The first-order valence-electron chi connectivity index (χ1n) is 3.83. The number of aromatic amines is 1. The van der Waals surface area contributed by atoms with Gasteiger partial charge in [0.15, 0.2) is 0 Å². The standard InChI is InChI=1S/C9H11NS/c1-6(2)8-5-10-9-7(8)3-4-11-9/h3-6,10H,1-2H3. The number of aromatic nitrogens is 1. The minimum atomic E-state index is 0.623. The molecule has 0 aliphatic heterocycles. The summed E-state index contributed by atoms with van der Waals surface area (Å²) in [5, 5.41) is 3.53. The summed E-state index contributed by atoms with van der Waals surface area (Å²) in [6.07, 6.45) is 2.12. The van der Waals surface area contributed by atoms with E-state index in [0.717, 1.165) is 0 Å². The molecule has 0 spiro atoms. The van der Waals surface area contributed by atoms with E-state index in [1.807, 2.05) is 0 Å². The summed E-state index contributed by atoms with van der Waals surface area (Å²) in [5.41, 5.74) is 1.43. The van der Waals surface area contributed by atoms with Crippen molar-refractivity contribution in [3.05, 3.63) is 23.2 Å². The minimum Gasteiger partial charge on any atom is -0.353 e. The molecule has 0 atom stereocenters. The van der Waals surface area contributed by atoms with Crippen LogP contribution in [0.5, 0.6) is 0 Å². The summed E-state index contributed by atoms with van der Waals surface area (Å²) in [7, 11) is 0. The largest absolute Gasteiger partial charge is 0.353 e. The number of hydrogen-bond donors (Lipinski definition) is 1. The van der Waals surface area contributed by atoms with Crippen LogP contribution in [-0.2, 0) is 0 Å². The third kappa shape index (κ3) is 0.979. The lowest BCUT2D eigenvalue weighted by molar-refractivity contribution is 0.875. The molecule has 11 heavy (non-hydrogen) atoms. The quantitative estimate of drug-likeness (QED) is 0.667. The van der Waals surface area contributed by atoms with E-state index >= 15 is 0 Å². The Morgan fingerprint density at radius 1 is 1.45 bits per heavy atom. The second kappa shape index (κ2) is 2.38. The van der Waals surface area contributed by atoms with E-state index in [1.165, 1.54) is 15.8 Å². The first-order valence-corrected chi connectivity index (χ1v) is 4.71. The molecule has 1 nitrogen and oxygen atoms in total. The molecule has 2 aromatic heterocycles.